The Balaban J connectivity index is 2.15. The molecule has 0 radical (unpaired) electrons. The molecule has 78 valence electrons. The van der Waals surface area contributed by atoms with Crippen LogP contribution in [0.15, 0.2) is 45.6 Å². The van der Waals surface area contributed by atoms with E-state index in [1.807, 2.05) is 6.07 Å². The lowest BCUT2D eigenvalue weighted by Gasteiger charge is -2.15. The van der Waals surface area contributed by atoms with E-state index >= 15 is 0 Å². The SMILES string of the molecule is CC(Nc1ccsc1)c1ccccc1Br. The largest absolute Gasteiger partial charge is 0.378 e. The third kappa shape index (κ3) is 2.61. The van der Waals surface area contributed by atoms with Crippen LogP contribution in [0.1, 0.15) is 18.5 Å². The predicted molar refractivity (Wildman–Crippen MR) is 70.5 cm³/mol. The second kappa shape index (κ2) is 4.81. The molecule has 2 aromatic rings. The molecule has 0 aliphatic carbocycles. The van der Waals surface area contributed by atoms with E-state index in [2.05, 4.69) is 63.2 Å². The maximum Gasteiger partial charge on any atom is 0.0497 e. The molecule has 2 rings (SSSR count). The van der Waals surface area contributed by atoms with Gasteiger partial charge >= 0.3 is 0 Å². The van der Waals surface area contributed by atoms with Crippen molar-refractivity contribution in [3.63, 3.8) is 0 Å². The van der Waals surface area contributed by atoms with Crippen LogP contribution in [-0.2, 0) is 0 Å². The summed E-state index contributed by atoms with van der Waals surface area (Å²) < 4.78 is 1.15. The van der Waals surface area contributed by atoms with Crippen LogP contribution in [0.2, 0.25) is 0 Å². The van der Waals surface area contributed by atoms with Gasteiger partial charge in [-0.15, -0.1) is 0 Å². The lowest BCUT2D eigenvalue weighted by atomic mass is 10.1. The van der Waals surface area contributed by atoms with Gasteiger partial charge in [-0.05, 0) is 30.0 Å². The van der Waals surface area contributed by atoms with Crippen molar-refractivity contribution >= 4 is 33.0 Å². The van der Waals surface area contributed by atoms with Gasteiger partial charge in [0.2, 0.25) is 0 Å². The number of hydrogen-bond donors (Lipinski definition) is 1. The van der Waals surface area contributed by atoms with Crippen molar-refractivity contribution in [3.8, 4) is 0 Å². The van der Waals surface area contributed by atoms with Crippen molar-refractivity contribution in [3.05, 3.63) is 51.1 Å². The average Bonchev–Trinajstić information content (AvgIpc) is 2.71. The predicted octanol–water partition coefficient (Wildman–Crippen LogP) is 4.68. The Morgan fingerprint density at radius 3 is 2.73 bits per heavy atom. The quantitative estimate of drug-likeness (QED) is 0.861. The highest BCUT2D eigenvalue weighted by Crippen LogP contribution is 2.26. The molecule has 0 amide bonds. The fourth-order valence-corrected chi connectivity index (χ4v) is 2.73. The van der Waals surface area contributed by atoms with Gasteiger partial charge < -0.3 is 5.32 Å². The van der Waals surface area contributed by atoms with Crippen molar-refractivity contribution in [2.45, 2.75) is 13.0 Å². The van der Waals surface area contributed by atoms with Gasteiger partial charge in [-0.2, -0.15) is 11.3 Å². The average molecular weight is 282 g/mol. The highest BCUT2D eigenvalue weighted by molar-refractivity contribution is 9.10. The Kier molecular flexibility index (Phi) is 3.44. The summed E-state index contributed by atoms with van der Waals surface area (Å²) in [7, 11) is 0. The molecule has 1 heterocycles. The molecule has 1 N–H and O–H groups in total. The highest BCUT2D eigenvalue weighted by Gasteiger charge is 2.08. The van der Waals surface area contributed by atoms with Crippen LogP contribution in [0, 0.1) is 0 Å². The molecule has 1 atom stereocenters. The van der Waals surface area contributed by atoms with Crippen LogP contribution in [0.5, 0.6) is 0 Å². The summed E-state index contributed by atoms with van der Waals surface area (Å²) in [6.07, 6.45) is 0. The lowest BCUT2D eigenvalue weighted by Crippen LogP contribution is -2.06. The van der Waals surface area contributed by atoms with Crippen LogP contribution >= 0.6 is 27.3 Å². The van der Waals surface area contributed by atoms with Crippen LogP contribution < -0.4 is 5.32 Å². The number of thiophene rings is 1. The topological polar surface area (TPSA) is 12.0 Å². The molecule has 1 unspecified atom stereocenters. The van der Waals surface area contributed by atoms with Gasteiger partial charge in [0, 0.05) is 21.6 Å². The molecule has 1 nitrogen and oxygen atoms in total. The van der Waals surface area contributed by atoms with Crippen LogP contribution in [0.4, 0.5) is 5.69 Å². The van der Waals surface area contributed by atoms with Gasteiger partial charge in [-0.3, -0.25) is 0 Å². The van der Waals surface area contributed by atoms with Gasteiger partial charge in [-0.1, -0.05) is 34.1 Å². The highest BCUT2D eigenvalue weighted by atomic mass is 79.9. The third-order valence-corrected chi connectivity index (χ3v) is 3.68. The zero-order chi connectivity index (χ0) is 10.7. The standard InChI is InChI=1S/C12H12BrNS/c1-9(14-10-6-7-15-8-10)11-4-2-3-5-12(11)13/h2-9,14H,1H3. The van der Waals surface area contributed by atoms with E-state index < -0.39 is 0 Å². The summed E-state index contributed by atoms with van der Waals surface area (Å²) in [5.74, 6) is 0. The third-order valence-electron chi connectivity index (χ3n) is 2.28. The van der Waals surface area contributed by atoms with Crippen molar-refractivity contribution in [2.24, 2.45) is 0 Å². The van der Waals surface area contributed by atoms with Crippen LogP contribution in [-0.4, -0.2) is 0 Å². The Bertz CT molecular complexity index is 425. The molecular weight excluding hydrogens is 270 g/mol. The fraction of sp³-hybridized carbons (Fsp3) is 0.167. The molecule has 1 aromatic heterocycles. The zero-order valence-electron chi connectivity index (χ0n) is 8.41. The van der Waals surface area contributed by atoms with E-state index in [4.69, 9.17) is 0 Å². The first-order valence-electron chi connectivity index (χ1n) is 4.80. The van der Waals surface area contributed by atoms with E-state index in [9.17, 15) is 0 Å². The second-order valence-electron chi connectivity index (χ2n) is 3.40. The monoisotopic (exact) mass is 281 g/mol. The number of halogens is 1. The van der Waals surface area contributed by atoms with Crippen molar-refractivity contribution in [1.29, 1.82) is 0 Å². The summed E-state index contributed by atoms with van der Waals surface area (Å²) in [6.45, 7) is 2.16. The Labute approximate surface area is 102 Å². The van der Waals surface area contributed by atoms with Gasteiger partial charge in [0.15, 0.2) is 0 Å². The Morgan fingerprint density at radius 1 is 1.27 bits per heavy atom. The zero-order valence-corrected chi connectivity index (χ0v) is 10.8. The van der Waals surface area contributed by atoms with Crippen molar-refractivity contribution in [2.75, 3.05) is 5.32 Å². The lowest BCUT2D eigenvalue weighted by molar-refractivity contribution is 0.880. The molecule has 1 aromatic carbocycles. The van der Waals surface area contributed by atoms with E-state index in [-0.39, 0.29) is 0 Å². The number of hydrogen-bond acceptors (Lipinski definition) is 2. The number of anilines is 1. The first-order chi connectivity index (χ1) is 7.27. The minimum atomic E-state index is 0.315. The second-order valence-corrected chi connectivity index (χ2v) is 5.03. The van der Waals surface area contributed by atoms with Gasteiger partial charge in [0.25, 0.3) is 0 Å². The molecular formula is C12H12BrNS. The van der Waals surface area contributed by atoms with Gasteiger partial charge in [0.1, 0.15) is 0 Å². The molecule has 0 spiro atoms. The summed E-state index contributed by atoms with van der Waals surface area (Å²) >= 11 is 5.27. The Morgan fingerprint density at radius 2 is 2.07 bits per heavy atom. The molecule has 0 saturated carbocycles. The van der Waals surface area contributed by atoms with Crippen molar-refractivity contribution in [1.82, 2.24) is 0 Å². The molecule has 0 aliphatic heterocycles. The molecule has 15 heavy (non-hydrogen) atoms. The normalized spacial score (nSPS) is 12.4. The fourth-order valence-electron chi connectivity index (χ4n) is 1.50. The first-order valence-corrected chi connectivity index (χ1v) is 6.54. The van der Waals surface area contributed by atoms with E-state index in [0.717, 1.165) is 4.47 Å². The Hall–Kier alpha value is -0.800. The molecule has 0 bridgehead atoms. The summed E-state index contributed by atoms with van der Waals surface area (Å²) in [6, 6.07) is 10.7. The summed E-state index contributed by atoms with van der Waals surface area (Å²) in [5, 5.41) is 7.66. The van der Waals surface area contributed by atoms with E-state index in [1.54, 1.807) is 11.3 Å². The van der Waals surface area contributed by atoms with Gasteiger partial charge in [0.05, 0.1) is 0 Å². The number of benzene rings is 1. The smallest absolute Gasteiger partial charge is 0.0497 e. The van der Waals surface area contributed by atoms with Crippen molar-refractivity contribution < 1.29 is 0 Å². The minimum Gasteiger partial charge on any atom is -0.378 e. The number of rotatable bonds is 3. The maximum atomic E-state index is 3.56. The summed E-state index contributed by atoms with van der Waals surface area (Å²) in [4.78, 5) is 0. The van der Waals surface area contributed by atoms with E-state index in [1.165, 1.54) is 11.3 Å². The van der Waals surface area contributed by atoms with Crippen LogP contribution in [0.25, 0.3) is 0 Å². The first kappa shape index (κ1) is 10.7. The molecule has 3 heteroatoms. The number of nitrogens with one attached hydrogen (secondary N) is 1. The summed E-state index contributed by atoms with van der Waals surface area (Å²) in [5.41, 5.74) is 2.46. The van der Waals surface area contributed by atoms with E-state index in [0.29, 0.717) is 6.04 Å². The van der Waals surface area contributed by atoms with Gasteiger partial charge in [-0.25, -0.2) is 0 Å². The minimum absolute atomic E-state index is 0.315. The maximum absolute atomic E-state index is 3.56. The molecule has 0 saturated heterocycles. The molecule has 0 aliphatic rings. The van der Waals surface area contributed by atoms with Crippen LogP contribution in [0.3, 0.4) is 0 Å². The molecule has 0 fully saturated rings.